The fourth-order valence-corrected chi connectivity index (χ4v) is 3.86. The van der Waals surface area contributed by atoms with Crippen molar-refractivity contribution >= 4 is 21.6 Å². The van der Waals surface area contributed by atoms with Crippen LogP contribution in [0.5, 0.6) is 0 Å². The minimum absolute atomic E-state index is 0.0219. The van der Waals surface area contributed by atoms with E-state index in [9.17, 15) is 26.4 Å². The van der Waals surface area contributed by atoms with Gasteiger partial charge in [-0.2, -0.15) is 13.2 Å². The van der Waals surface area contributed by atoms with Crippen molar-refractivity contribution in [1.82, 2.24) is 5.32 Å². The summed E-state index contributed by atoms with van der Waals surface area (Å²) in [6.45, 7) is 7.37. The van der Waals surface area contributed by atoms with E-state index in [1.165, 1.54) is 6.07 Å². The molecule has 0 bridgehead atoms. The van der Waals surface area contributed by atoms with E-state index in [2.05, 4.69) is 26.1 Å². The molecule has 0 heterocycles. The zero-order valence-corrected chi connectivity index (χ0v) is 18.9. The van der Waals surface area contributed by atoms with Crippen molar-refractivity contribution in [3.05, 3.63) is 65.2 Å². The zero-order chi connectivity index (χ0) is 23.6. The predicted molar refractivity (Wildman–Crippen MR) is 115 cm³/mol. The van der Waals surface area contributed by atoms with Crippen molar-refractivity contribution in [3.8, 4) is 0 Å². The van der Waals surface area contributed by atoms with Crippen LogP contribution in [0.15, 0.2) is 48.5 Å². The standard InChI is InChI=1S/C22H27F3N2O3S/c1-15(16-9-11-17(12-10-16)21(2,3)4)26-20(28)14-27(31(5,29)30)19-8-6-7-18(13-19)22(23,24)25/h6-13,15H,14H2,1-5H3,(H,26,28)/t15-/m0/s1. The van der Waals surface area contributed by atoms with Gasteiger partial charge in [-0.3, -0.25) is 9.10 Å². The Morgan fingerprint density at radius 2 is 1.61 bits per heavy atom. The highest BCUT2D eigenvalue weighted by molar-refractivity contribution is 7.92. The number of nitrogens with zero attached hydrogens (tertiary/aromatic N) is 1. The minimum Gasteiger partial charge on any atom is -0.348 e. The number of nitrogens with one attached hydrogen (secondary N) is 1. The topological polar surface area (TPSA) is 66.5 Å². The van der Waals surface area contributed by atoms with Gasteiger partial charge in [0, 0.05) is 0 Å². The van der Waals surface area contributed by atoms with E-state index in [0.717, 1.165) is 29.5 Å². The van der Waals surface area contributed by atoms with Crippen LogP contribution in [0.25, 0.3) is 0 Å². The number of sulfonamides is 1. The monoisotopic (exact) mass is 456 g/mol. The Bertz CT molecular complexity index is 1030. The average molecular weight is 457 g/mol. The molecule has 170 valence electrons. The summed E-state index contributed by atoms with van der Waals surface area (Å²) in [5.41, 5.74) is 0.710. The second-order valence-corrected chi connectivity index (χ2v) is 10.4. The van der Waals surface area contributed by atoms with Crippen LogP contribution < -0.4 is 9.62 Å². The molecule has 1 atom stereocenters. The van der Waals surface area contributed by atoms with Crippen molar-refractivity contribution in [2.45, 2.75) is 45.3 Å². The maximum atomic E-state index is 13.0. The maximum absolute atomic E-state index is 13.0. The number of alkyl halides is 3. The van der Waals surface area contributed by atoms with E-state index in [4.69, 9.17) is 0 Å². The number of carbonyl (C=O) groups is 1. The third kappa shape index (κ3) is 6.72. The van der Waals surface area contributed by atoms with Crippen molar-refractivity contribution in [3.63, 3.8) is 0 Å². The van der Waals surface area contributed by atoms with Gasteiger partial charge in [0.15, 0.2) is 0 Å². The SMILES string of the molecule is C[C@H](NC(=O)CN(c1cccc(C(F)(F)F)c1)S(C)(=O)=O)c1ccc(C(C)(C)C)cc1. The van der Waals surface area contributed by atoms with Crippen LogP contribution in [0.3, 0.4) is 0 Å². The van der Waals surface area contributed by atoms with Crippen molar-refractivity contribution in [2.75, 3.05) is 17.1 Å². The highest BCUT2D eigenvalue weighted by Crippen LogP contribution is 2.32. The lowest BCUT2D eigenvalue weighted by Gasteiger charge is -2.24. The molecule has 0 radical (unpaired) electrons. The van der Waals surface area contributed by atoms with Gasteiger partial charge < -0.3 is 5.32 Å². The first-order valence-electron chi connectivity index (χ1n) is 9.64. The molecular formula is C22H27F3N2O3S. The quantitative estimate of drug-likeness (QED) is 0.688. The lowest BCUT2D eigenvalue weighted by Crippen LogP contribution is -2.41. The Kier molecular flexibility index (Phi) is 7.10. The number of benzene rings is 2. The van der Waals surface area contributed by atoms with E-state index in [-0.39, 0.29) is 11.1 Å². The molecular weight excluding hydrogens is 429 g/mol. The molecule has 0 aliphatic rings. The predicted octanol–water partition coefficient (Wildman–Crippen LogP) is 4.65. The third-order valence-corrected chi connectivity index (χ3v) is 5.94. The van der Waals surface area contributed by atoms with E-state index < -0.39 is 40.3 Å². The first-order valence-corrected chi connectivity index (χ1v) is 11.5. The lowest BCUT2D eigenvalue weighted by atomic mass is 9.86. The zero-order valence-electron chi connectivity index (χ0n) is 18.1. The lowest BCUT2D eigenvalue weighted by molar-refractivity contribution is -0.137. The smallest absolute Gasteiger partial charge is 0.348 e. The van der Waals surface area contributed by atoms with Crippen LogP contribution >= 0.6 is 0 Å². The Morgan fingerprint density at radius 3 is 2.10 bits per heavy atom. The molecule has 0 unspecified atom stereocenters. The summed E-state index contributed by atoms with van der Waals surface area (Å²) in [5, 5.41) is 2.70. The molecule has 0 aliphatic carbocycles. The molecule has 0 spiro atoms. The second kappa shape index (κ2) is 8.90. The Balaban J connectivity index is 2.19. The van der Waals surface area contributed by atoms with Gasteiger partial charge in [-0.1, -0.05) is 51.1 Å². The molecule has 0 aromatic heterocycles. The molecule has 2 aromatic carbocycles. The minimum atomic E-state index is -4.63. The van der Waals surface area contributed by atoms with Gasteiger partial charge in [0.05, 0.1) is 23.5 Å². The summed E-state index contributed by atoms with van der Waals surface area (Å²) in [6, 6.07) is 11.2. The molecule has 1 amide bonds. The highest BCUT2D eigenvalue weighted by Gasteiger charge is 2.32. The van der Waals surface area contributed by atoms with Crippen LogP contribution in [0.2, 0.25) is 0 Å². The number of amides is 1. The molecule has 0 fully saturated rings. The molecule has 0 saturated carbocycles. The van der Waals surface area contributed by atoms with Gasteiger partial charge in [-0.05, 0) is 41.7 Å². The first kappa shape index (κ1) is 24.7. The molecule has 31 heavy (non-hydrogen) atoms. The summed E-state index contributed by atoms with van der Waals surface area (Å²) in [6.07, 6.45) is -3.79. The number of halogens is 3. The van der Waals surface area contributed by atoms with E-state index in [1.54, 1.807) is 6.92 Å². The van der Waals surface area contributed by atoms with Gasteiger partial charge in [-0.25, -0.2) is 8.42 Å². The van der Waals surface area contributed by atoms with Crippen LogP contribution in [0.1, 0.15) is 50.4 Å². The number of hydrogen-bond acceptors (Lipinski definition) is 3. The fraction of sp³-hybridized carbons (Fsp3) is 0.409. The third-order valence-electron chi connectivity index (χ3n) is 4.80. The van der Waals surface area contributed by atoms with Crippen molar-refractivity contribution in [2.24, 2.45) is 0 Å². The van der Waals surface area contributed by atoms with Crippen LogP contribution in [0, 0.1) is 0 Å². The van der Waals surface area contributed by atoms with Crippen molar-refractivity contribution in [1.29, 1.82) is 0 Å². The van der Waals surface area contributed by atoms with E-state index >= 15 is 0 Å². The van der Waals surface area contributed by atoms with Gasteiger partial charge in [-0.15, -0.1) is 0 Å². The van der Waals surface area contributed by atoms with Gasteiger partial charge in [0.25, 0.3) is 0 Å². The normalized spacial score (nSPS) is 13.5. The van der Waals surface area contributed by atoms with Crippen LogP contribution in [-0.4, -0.2) is 27.1 Å². The van der Waals surface area contributed by atoms with Crippen LogP contribution in [-0.2, 0) is 26.4 Å². The number of hydrogen-bond donors (Lipinski definition) is 1. The highest BCUT2D eigenvalue weighted by atomic mass is 32.2. The molecule has 0 saturated heterocycles. The number of rotatable bonds is 6. The molecule has 0 aliphatic heterocycles. The van der Waals surface area contributed by atoms with Crippen LogP contribution in [0.4, 0.5) is 18.9 Å². The van der Waals surface area contributed by atoms with Gasteiger partial charge in [0.1, 0.15) is 6.54 Å². The van der Waals surface area contributed by atoms with E-state index in [0.29, 0.717) is 10.4 Å². The Labute approximate surface area is 181 Å². The van der Waals surface area contributed by atoms with Gasteiger partial charge >= 0.3 is 6.18 Å². The second-order valence-electron chi connectivity index (χ2n) is 8.48. The summed E-state index contributed by atoms with van der Waals surface area (Å²) in [7, 11) is -3.99. The summed E-state index contributed by atoms with van der Waals surface area (Å²) in [4.78, 5) is 12.5. The molecule has 2 aromatic rings. The largest absolute Gasteiger partial charge is 0.416 e. The van der Waals surface area contributed by atoms with Crippen molar-refractivity contribution < 1.29 is 26.4 Å². The Morgan fingerprint density at radius 1 is 1.03 bits per heavy atom. The molecule has 5 nitrogen and oxygen atoms in total. The summed E-state index contributed by atoms with van der Waals surface area (Å²) in [5.74, 6) is -0.629. The fourth-order valence-electron chi connectivity index (χ4n) is 3.01. The molecule has 1 N–H and O–H groups in total. The molecule has 2 rings (SSSR count). The number of carbonyl (C=O) groups excluding carboxylic acids is 1. The Hall–Kier alpha value is -2.55. The maximum Gasteiger partial charge on any atom is 0.416 e. The summed E-state index contributed by atoms with van der Waals surface area (Å²) >= 11 is 0. The average Bonchev–Trinajstić information content (AvgIpc) is 2.64. The molecule has 9 heteroatoms. The summed E-state index contributed by atoms with van der Waals surface area (Å²) < 4.78 is 64.0. The van der Waals surface area contributed by atoms with E-state index in [1.807, 2.05) is 24.3 Å². The number of anilines is 1. The first-order chi connectivity index (χ1) is 14.1. The van der Waals surface area contributed by atoms with Gasteiger partial charge in [0.2, 0.25) is 15.9 Å².